The Kier molecular flexibility index (Phi) is 6.85. The van der Waals surface area contributed by atoms with Crippen molar-refractivity contribution in [2.75, 3.05) is 29.0 Å². The summed E-state index contributed by atoms with van der Waals surface area (Å²) < 4.78 is 0. The third kappa shape index (κ3) is 4.72. The molecule has 1 aliphatic heterocycles. The summed E-state index contributed by atoms with van der Waals surface area (Å²) in [5.41, 5.74) is 7.50. The lowest BCUT2D eigenvalue weighted by molar-refractivity contribution is -0.384. The first-order valence-corrected chi connectivity index (χ1v) is 9.04. The van der Waals surface area contributed by atoms with Crippen LogP contribution in [0, 0.1) is 22.0 Å². The van der Waals surface area contributed by atoms with E-state index in [0.29, 0.717) is 28.9 Å². The second-order valence-electron chi connectivity index (χ2n) is 7.35. The van der Waals surface area contributed by atoms with Crippen LogP contribution in [0.2, 0.25) is 0 Å². The lowest BCUT2D eigenvalue weighted by atomic mass is 9.91. The normalized spacial score (nSPS) is 18.9. The number of nitrogens with zero attached hydrogens (tertiary/aromatic N) is 2. The van der Waals surface area contributed by atoms with Gasteiger partial charge >= 0.3 is 0 Å². The summed E-state index contributed by atoms with van der Waals surface area (Å²) in [5.74, 6) is 0.512. The molecule has 2 unspecified atom stereocenters. The van der Waals surface area contributed by atoms with E-state index in [1.54, 1.807) is 36.4 Å². The average Bonchev–Trinajstić information content (AvgIpc) is 2.62. The Balaban J connectivity index is 0.00000280. The molecule has 0 radical (unpaired) electrons. The number of carbonyl (C=O) groups is 1. The quantitative estimate of drug-likeness (QED) is 0.448. The van der Waals surface area contributed by atoms with Gasteiger partial charge in [-0.15, -0.1) is 12.4 Å². The molecular weight excluding hydrogens is 380 g/mol. The summed E-state index contributed by atoms with van der Waals surface area (Å²) in [6.45, 7) is 5.86. The highest BCUT2D eigenvalue weighted by atomic mass is 35.5. The van der Waals surface area contributed by atoms with Gasteiger partial charge in [-0.05, 0) is 42.5 Å². The Hall–Kier alpha value is -2.80. The Bertz CT molecular complexity index is 864. The molecule has 2 atom stereocenters. The van der Waals surface area contributed by atoms with Gasteiger partial charge in [0.15, 0.2) is 0 Å². The van der Waals surface area contributed by atoms with Crippen molar-refractivity contribution in [3.8, 4) is 0 Å². The van der Waals surface area contributed by atoms with Gasteiger partial charge in [0.05, 0.1) is 16.3 Å². The number of nitrogens with two attached hydrogens (primary N) is 1. The van der Waals surface area contributed by atoms with E-state index in [2.05, 4.69) is 19.2 Å². The van der Waals surface area contributed by atoms with Gasteiger partial charge in [-0.1, -0.05) is 26.0 Å². The predicted molar refractivity (Wildman–Crippen MR) is 114 cm³/mol. The van der Waals surface area contributed by atoms with Crippen molar-refractivity contribution in [2.24, 2.45) is 11.8 Å². The van der Waals surface area contributed by atoms with Crippen molar-refractivity contribution in [2.45, 2.75) is 20.3 Å². The Morgan fingerprint density at radius 1 is 1.18 bits per heavy atom. The zero-order valence-electron chi connectivity index (χ0n) is 15.9. The third-order valence-electron chi connectivity index (χ3n) is 4.85. The summed E-state index contributed by atoms with van der Waals surface area (Å²) in [5, 5.41) is 14.3. The van der Waals surface area contributed by atoms with Crippen LogP contribution in [0.5, 0.6) is 0 Å². The molecule has 2 aromatic rings. The fourth-order valence-electron chi connectivity index (χ4n) is 3.74. The number of nitrogen functional groups attached to an aromatic ring is 1. The number of para-hydroxylation sites is 2. The van der Waals surface area contributed by atoms with Gasteiger partial charge in [-0.3, -0.25) is 14.9 Å². The number of rotatable bonds is 4. The predicted octanol–water partition coefficient (Wildman–Crippen LogP) is 4.33. The van der Waals surface area contributed by atoms with E-state index < -0.39 is 10.8 Å². The summed E-state index contributed by atoms with van der Waals surface area (Å²) in [6.07, 6.45) is 1.11. The number of halogens is 1. The minimum Gasteiger partial charge on any atom is -0.397 e. The number of nitrogens with one attached hydrogen (secondary N) is 1. The van der Waals surface area contributed by atoms with Gasteiger partial charge in [0.1, 0.15) is 5.69 Å². The monoisotopic (exact) mass is 404 g/mol. The van der Waals surface area contributed by atoms with Crippen LogP contribution in [0.15, 0.2) is 42.5 Å². The van der Waals surface area contributed by atoms with Crippen molar-refractivity contribution in [3.63, 3.8) is 0 Å². The lowest BCUT2D eigenvalue weighted by Gasteiger charge is -2.36. The minimum absolute atomic E-state index is 0. The SMILES string of the molecule is CC1CC(C)CN(c2ccc(C(=O)Nc3ccccc3N)cc2[N+](=O)[O-])C1.Cl. The molecule has 28 heavy (non-hydrogen) atoms. The Morgan fingerprint density at radius 3 is 2.43 bits per heavy atom. The van der Waals surface area contributed by atoms with Gasteiger partial charge in [-0.25, -0.2) is 0 Å². The van der Waals surface area contributed by atoms with Crippen LogP contribution < -0.4 is 16.0 Å². The van der Waals surface area contributed by atoms with Crippen molar-refractivity contribution in [1.29, 1.82) is 0 Å². The maximum atomic E-state index is 12.5. The second-order valence-corrected chi connectivity index (χ2v) is 7.35. The van der Waals surface area contributed by atoms with Gasteiger partial charge in [0, 0.05) is 24.7 Å². The molecule has 0 aromatic heterocycles. The molecule has 1 heterocycles. The molecule has 1 fully saturated rings. The highest BCUT2D eigenvalue weighted by Gasteiger charge is 2.28. The zero-order chi connectivity index (χ0) is 19.6. The maximum Gasteiger partial charge on any atom is 0.293 e. The highest BCUT2D eigenvalue weighted by Crippen LogP contribution is 2.34. The molecule has 1 amide bonds. The van der Waals surface area contributed by atoms with Crippen LogP contribution in [0.25, 0.3) is 0 Å². The lowest BCUT2D eigenvalue weighted by Crippen LogP contribution is -2.39. The molecular formula is C20H25ClN4O3. The van der Waals surface area contributed by atoms with Crippen LogP contribution in [0.4, 0.5) is 22.7 Å². The number of amides is 1. The van der Waals surface area contributed by atoms with Gasteiger partial charge < -0.3 is 16.0 Å². The second kappa shape index (κ2) is 8.93. The molecule has 0 bridgehead atoms. The Labute approximate surface area is 170 Å². The molecule has 7 nitrogen and oxygen atoms in total. The van der Waals surface area contributed by atoms with Crippen molar-refractivity contribution >= 4 is 41.1 Å². The van der Waals surface area contributed by atoms with E-state index in [4.69, 9.17) is 5.73 Å². The number of nitro benzene ring substituents is 1. The molecule has 1 aliphatic rings. The zero-order valence-corrected chi connectivity index (χ0v) is 16.7. The highest BCUT2D eigenvalue weighted by molar-refractivity contribution is 6.06. The number of hydrogen-bond donors (Lipinski definition) is 2. The molecule has 1 saturated heterocycles. The summed E-state index contributed by atoms with van der Waals surface area (Å²) >= 11 is 0. The molecule has 0 saturated carbocycles. The largest absolute Gasteiger partial charge is 0.397 e. The fourth-order valence-corrected chi connectivity index (χ4v) is 3.74. The van der Waals surface area contributed by atoms with E-state index in [9.17, 15) is 14.9 Å². The van der Waals surface area contributed by atoms with E-state index in [-0.39, 0.29) is 23.7 Å². The van der Waals surface area contributed by atoms with Crippen LogP contribution in [-0.2, 0) is 0 Å². The standard InChI is InChI=1S/C20H24N4O3.ClH/c1-13-9-14(2)12-23(11-13)18-8-7-15(10-19(18)24(26)27)20(25)22-17-6-4-3-5-16(17)21;/h3-8,10,13-14H,9,11-12,21H2,1-2H3,(H,22,25);1H. The van der Waals surface area contributed by atoms with Crippen LogP contribution in [0.3, 0.4) is 0 Å². The van der Waals surface area contributed by atoms with Crippen LogP contribution in [-0.4, -0.2) is 23.9 Å². The molecule has 3 rings (SSSR count). The van der Waals surface area contributed by atoms with Gasteiger partial charge in [-0.2, -0.15) is 0 Å². The number of piperidine rings is 1. The minimum atomic E-state index is -0.428. The molecule has 0 spiro atoms. The van der Waals surface area contributed by atoms with E-state index in [1.807, 2.05) is 4.90 Å². The summed E-state index contributed by atoms with van der Waals surface area (Å²) in [6, 6.07) is 11.5. The first kappa shape index (κ1) is 21.5. The maximum absolute atomic E-state index is 12.5. The van der Waals surface area contributed by atoms with E-state index >= 15 is 0 Å². The molecule has 3 N–H and O–H groups in total. The average molecular weight is 405 g/mol. The van der Waals surface area contributed by atoms with Crippen molar-refractivity contribution in [3.05, 3.63) is 58.1 Å². The third-order valence-corrected chi connectivity index (χ3v) is 4.85. The number of benzene rings is 2. The van der Waals surface area contributed by atoms with Crippen molar-refractivity contribution in [1.82, 2.24) is 0 Å². The van der Waals surface area contributed by atoms with Crippen molar-refractivity contribution < 1.29 is 9.72 Å². The van der Waals surface area contributed by atoms with E-state index in [0.717, 1.165) is 19.5 Å². The molecule has 2 aromatic carbocycles. The summed E-state index contributed by atoms with van der Waals surface area (Å²) in [4.78, 5) is 25.8. The smallest absolute Gasteiger partial charge is 0.293 e. The van der Waals surface area contributed by atoms with E-state index in [1.165, 1.54) is 6.07 Å². The number of anilines is 3. The van der Waals surface area contributed by atoms with Crippen LogP contribution in [0.1, 0.15) is 30.6 Å². The number of nitro groups is 1. The molecule has 8 heteroatoms. The fraction of sp³-hybridized carbons (Fsp3) is 0.350. The first-order valence-electron chi connectivity index (χ1n) is 9.04. The number of carbonyl (C=O) groups excluding carboxylic acids is 1. The van der Waals surface area contributed by atoms with Gasteiger partial charge in [0.25, 0.3) is 11.6 Å². The Morgan fingerprint density at radius 2 is 1.82 bits per heavy atom. The number of hydrogen-bond acceptors (Lipinski definition) is 5. The first-order chi connectivity index (χ1) is 12.8. The van der Waals surface area contributed by atoms with Crippen LogP contribution >= 0.6 is 12.4 Å². The topological polar surface area (TPSA) is 102 Å². The molecule has 0 aliphatic carbocycles. The molecule has 150 valence electrons. The summed E-state index contributed by atoms with van der Waals surface area (Å²) in [7, 11) is 0. The van der Waals surface area contributed by atoms with Gasteiger partial charge in [0.2, 0.25) is 0 Å².